The van der Waals surface area contributed by atoms with Crippen LogP contribution in [0.4, 0.5) is 18.3 Å². The lowest BCUT2D eigenvalue weighted by Crippen LogP contribution is -2.03. The SMILES string of the molecule is Cc1nn(C)c(C)c1CNc1nnc(C(F)(F)F)s1. The van der Waals surface area contributed by atoms with E-state index in [1.54, 1.807) is 4.68 Å². The van der Waals surface area contributed by atoms with E-state index < -0.39 is 11.2 Å². The largest absolute Gasteiger partial charge is 0.445 e. The van der Waals surface area contributed by atoms with E-state index in [1.165, 1.54) is 0 Å². The first-order valence-corrected chi connectivity index (χ1v) is 6.24. The van der Waals surface area contributed by atoms with Crippen molar-refractivity contribution in [2.45, 2.75) is 26.6 Å². The highest BCUT2D eigenvalue weighted by atomic mass is 32.1. The van der Waals surface area contributed by atoms with E-state index >= 15 is 0 Å². The Balaban J connectivity index is 2.09. The third kappa shape index (κ3) is 2.86. The van der Waals surface area contributed by atoms with Crippen LogP contribution >= 0.6 is 11.3 Å². The molecule has 2 aromatic heterocycles. The minimum Gasteiger partial charge on any atom is -0.356 e. The van der Waals surface area contributed by atoms with E-state index in [1.807, 2.05) is 20.9 Å². The number of nitrogens with zero attached hydrogens (tertiary/aromatic N) is 4. The second-order valence-electron chi connectivity index (χ2n) is 4.04. The Bertz CT molecular complexity index is 586. The molecule has 0 saturated carbocycles. The molecule has 5 nitrogen and oxygen atoms in total. The van der Waals surface area contributed by atoms with Gasteiger partial charge in [-0.2, -0.15) is 18.3 Å². The van der Waals surface area contributed by atoms with Crippen LogP contribution in [0.15, 0.2) is 0 Å². The Morgan fingerprint density at radius 2 is 1.95 bits per heavy atom. The van der Waals surface area contributed by atoms with Gasteiger partial charge in [0.2, 0.25) is 10.1 Å². The Morgan fingerprint density at radius 1 is 1.26 bits per heavy atom. The van der Waals surface area contributed by atoms with Gasteiger partial charge in [0.05, 0.1) is 5.69 Å². The standard InChI is InChI=1S/C10H12F3N5S/c1-5-7(6(2)18(3)17-5)4-14-9-16-15-8(19-9)10(11,12)13/h4H2,1-3H3,(H,14,16). The van der Waals surface area contributed by atoms with Crippen LogP contribution in [0.3, 0.4) is 0 Å². The molecule has 2 heterocycles. The zero-order valence-corrected chi connectivity index (χ0v) is 11.4. The summed E-state index contributed by atoms with van der Waals surface area (Å²) in [5.74, 6) is 0. The van der Waals surface area contributed by atoms with Gasteiger partial charge in [-0.05, 0) is 13.8 Å². The zero-order chi connectivity index (χ0) is 14.2. The summed E-state index contributed by atoms with van der Waals surface area (Å²) in [4.78, 5) is 0. The van der Waals surface area contributed by atoms with Crippen molar-refractivity contribution in [1.29, 1.82) is 0 Å². The third-order valence-corrected chi connectivity index (χ3v) is 3.67. The maximum absolute atomic E-state index is 12.4. The molecule has 9 heteroatoms. The molecule has 0 aliphatic heterocycles. The van der Waals surface area contributed by atoms with Crippen molar-refractivity contribution >= 4 is 16.5 Å². The van der Waals surface area contributed by atoms with E-state index in [4.69, 9.17) is 0 Å². The number of anilines is 1. The Hall–Kier alpha value is -1.64. The first-order valence-electron chi connectivity index (χ1n) is 5.42. The molecule has 0 bridgehead atoms. The maximum atomic E-state index is 12.4. The molecule has 19 heavy (non-hydrogen) atoms. The first kappa shape index (κ1) is 13.8. The number of aryl methyl sites for hydroxylation is 2. The Kier molecular flexibility index (Phi) is 3.48. The third-order valence-electron chi connectivity index (χ3n) is 2.74. The summed E-state index contributed by atoms with van der Waals surface area (Å²) >= 11 is 0.492. The number of nitrogens with one attached hydrogen (secondary N) is 1. The molecule has 0 aromatic carbocycles. The summed E-state index contributed by atoms with van der Waals surface area (Å²) in [5, 5.41) is 12.9. The molecule has 2 aromatic rings. The second-order valence-corrected chi connectivity index (χ2v) is 5.01. The molecule has 104 valence electrons. The van der Waals surface area contributed by atoms with Gasteiger partial charge in [-0.3, -0.25) is 4.68 Å². The lowest BCUT2D eigenvalue weighted by atomic mass is 10.2. The Labute approximate surface area is 111 Å². The van der Waals surface area contributed by atoms with Gasteiger partial charge >= 0.3 is 6.18 Å². The zero-order valence-electron chi connectivity index (χ0n) is 10.5. The molecule has 0 saturated heterocycles. The van der Waals surface area contributed by atoms with Gasteiger partial charge in [-0.1, -0.05) is 11.3 Å². The number of halogens is 3. The number of hydrogen-bond acceptors (Lipinski definition) is 5. The highest BCUT2D eigenvalue weighted by molar-refractivity contribution is 7.15. The second kappa shape index (κ2) is 4.80. The summed E-state index contributed by atoms with van der Waals surface area (Å²) in [7, 11) is 1.82. The lowest BCUT2D eigenvalue weighted by molar-refractivity contribution is -0.138. The number of alkyl halides is 3. The fourth-order valence-corrected chi connectivity index (χ4v) is 2.25. The van der Waals surface area contributed by atoms with Gasteiger partial charge in [0.25, 0.3) is 0 Å². The monoisotopic (exact) mass is 291 g/mol. The molecule has 0 fully saturated rings. The van der Waals surface area contributed by atoms with E-state index in [-0.39, 0.29) is 5.13 Å². The average molecular weight is 291 g/mol. The highest BCUT2D eigenvalue weighted by Gasteiger charge is 2.35. The van der Waals surface area contributed by atoms with Crippen LogP contribution in [0.25, 0.3) is 0 Å². The smallest absolute Gasteiger partial charge is 0.356 e. The van der Waals surface area contributed by atoms with Crippen molar-refractivity contribution in [3.63, 3.8) is 0 Å². The van der Waals surface area contributed by atoms with Crippen LogP contribution < -0.4 is 5.32 Å². The predicted octanol–water partition coefficient (Wildman–Crippen LogP) is 2.52. The van der Waals surface area contributed by atoms with Crippen LogP contribution in [0.2, 0.25) is 0 Å². The summed E-state index contributed by atoms with van der Waals surface area (Å²) in [5.41, 5.74) is 2.75. The normalized spacial score (nSPS) is 11.9. The van der Waals surface area contributed by atoms with Crippen molar-refractivity contribution in [3.8, 4) is 0 Å². The van der Waals surface area contributed by atoms with Gasteiger partial charge in [-0.15, -0.1) is 10.2 Å². The topological polar surface area (TPSA) is 55.6 Å². The van der Waals surface area contributed by atoms with Gasteiger partial charge in [0, 0.05) is 24.8 Å². The van der Waals surface area contributed by atoms with E-state index in [9.17, 15) is 13.2 Å². The number of rotatable bonds is 3. The minimum absolute atomic E-state index is 0.148. The number of hydrogen-bond donors (Lipinski definition) is 1. The first-order chi connectivity index (χ1) is 8.79. The summed E-state index contributed by atoms with van der Waals surface area (Å²) < 4.78 is 38.8. The molecule has 0 aliphatic carbocycles. The predicted molar refractivity (Wildman–Crippen MR) is 64.9 cm³/mol. The molecule has 0 amide bonds. The summed E-state index contributed by atoms with van der Waals surface area (Å²) in [6.07, 6.45) is -4.45. The van der Waals surface area contributed by atoms with Crippen molar-refractivity contribution < 1.29 is 13.2 Å². The lowest BCUT2D eigenvalue weighted by Gasteiger charge is -2.03. The van der Waals surface area contributed by atoms with Crippen LogP contribution in [-0.4, -0.2) is 20.0 Å². The molecule has 0 atom stereocenters. The van der Waals surface area contributed by atoms with Gasteiger partial charge in [0.1, 0.15) is 0 Å². The van der Waals surface area contributed by atoms with Gasteiger partial charge < -0.3 is 5.32 Å². The molecule has 2 rings (SSSR count). The van der Waals surface area contributed by atoms with E-state index in [0.717, 1.165) is 17.0 Å². The molecular formula is C10H12F3N5S. The maximum Gasteiger partial charge on any atom is 0.445 e. The van der Waals surface area contributed by atoms with Crippen LogP contribution in [-0.2, 0) is 19.8 Å². The quantitative estimate of drug-likeness (QED) is 0.944. The van der Waals surface area contributed by atoms with Crippen LogP contribution in [0.5, 0.6) is 0 Å². The molecule has 1 N–H and O–H groups in total. The average Bonchev–Trinajstić information content (AvgIpc) is 2.84. The van der Waals surface area contributed by atoms with Gasteiger partial charge in [-0.25, -0.2) is 0 Å². The van der Waals surface area contributed by atoms with Crippen molar-refractivity contribution in [1.82, 2.24) is 20.0 Å². The molecule has 0 radical (unpaired) electrons. The fourth-order valence-electron chi connectivity index (χ4n) is 1.65. The van der Waals surface area contributed by atoms with Crippen molar-refractivity contribution in [2.75, 3.05) is 5.32 Å². The summed E-state index contributed by atoms with van der Waals surface area (Å²) in [6.45, 7) is 4.13. The van der Waals surface area contributed by atoms with E-state index in [0.29, 0.717) is 17.9 Å². The van der Waals surface area contributed by atoms with Crippen LogP contribution in [0, 0.1) is 13.8 Å². The molecule has 0 aliphatic rings. The van der Waals surface area contributed by atoms with E-state index in [2.05, 4.69) is 20.6 Å². The minimum atomic E-state index is -4.45. The van der Waals surface area contributed by atoms with Crippen LogP contribution in [0.1, 0.15) is 22.0 Å². The fraction of sp³-hybridized carbons (Fsp3) is 0.500. The highest BCUT2D eigenvalue weighted by Crippen LogP contribution is 2.33. The van der Waals surface area contributed by atoms with Crippen molar-refractivity contribution in [3.05, 3.63) is 22.0 Å². The van der Waals surface area contributed by atoms with Gasteiger partial charge in [0.15, 0.2) is 0 Å². The number of aromatic nitrogens is 4. The Morgan fingerprint density at radius 3 is 2.42 bits per heavy atom. The van der Waals surface area contributed by atoms with Crippen molar-refractivity contribution in [2.24, 2.45) is 7.05 Å². The molecular weight excluding hydrogens is 279 g/mol. The molecule has 0 spiro atoms. The summed E-state index contributed by atoms with van der Waals surface area (Å²) in [6, 6.07) is 0. The molecule has 0 unspecified atom stereocenters.